The first kappa shape index (κ1) is 10.5. The SMILES string of the molecule is O=C1CC2(CCCC2)ON1CC1CCCN1. The quantitative estimate of drug-likeness (QED) is 0.766. The molecular formula is C12H20N2O2. The Morgan fingerprint density at radius 2 is 2.19 bits per heavy atom. The molecule has 2 heterocycles. The van der Waals surface area contributed by atoms with E-state index < -0.39 is 0 Å². The Hall–Kier alpha value is -0.610. The predicted octanol–water partition coefficient (Wildman–Crippen LogP) is 1.22. The molecule has 16 heavy (non-hydrogen) atoms. The van der Waals surface area contributed by atoms with Gasteiger partial charge in [-0.15, -0.1) is 0 Å². The first-order valence-corrected chi connectivity index (χ1v) is 6.50. The van der Waals surface area contributed by atoms with Gasteiger partial charge in [-0.25, -0.2) is 5.06 Å². The van der Waals surface area contributed by atoms with Crippen LogP contribution in [0.15, 0.2) is 0 Å². The first-order valence-electron chi connectivity index (χ1n) is 6.50. The Morgan fingerprint density at radius 1 is 1.38 bits per heavy atom. The van der Waals surface area contributed by atoms with Crippen LogP contribution < -0.4 is 5.32 Å². The molecule has 1 aliphatic carbocycles. The van der Waals surface area contributed by atoms with Crippen molar-refractivity contribution in [2.75, 3.05) is 13.1 Å². The molecule has 0 bridgehead atoms. The summed E-state index contributed by atoms with van der Waals surface area (Å²) >= 11 is 0. The van der Waals surface area contributed by atoms with Gasteiger partial charge in [0, 0.05) is 6.04 Å². The number of hydrogen-bond donors (Lipinski definition) is 1. The highest BCUT2D eigenvalue weighted by Crippen LogP contribution is 2.41. The normalized spacial score (nSPS) is 33.1. The number of hydroxylamine groups is 2. The van der Waals surface area contributed by atoms with E-state index in [0.29, 0.717) is 12.5 Å². The van der Waals surface area contributed by atoms with Gasteiger partial charge < -0.3 is 5.32 Å². The smallest absolute Gasteiger partial charge is 0.249 e. The van der Waals surface area contributed by atoms with E-state index in [-0.39, 0.29) is 11.5 Å². The fraction of sp³-hybridized carbons (Fsp3) is 0.917. The standard InChI is InChI=1S/C12H20N2O2/c15-11-8-12(5-1-2-6-12)16-14(11)9-10-4-3-7-13-10/h10,13H,1-9H2. The van der Waals surface area contributed by atoms with Gasteiger partial charge in [-0.05, 0) is 32.2 Å². The molecule has 2 aliphatic heterocycles. The molecule has 3 aliphatic rings. The molecule has 1 spiro atoms. The molecule has 4 nitrogen and oxygen atoms in total. The maximum Gasteiger partial charge on any atom is 0.249 e. The molecule has 0 aromatic heterocycles. The van der Waals surface area contributed by atoms with E-state index in [2.05, 4.69) is 5.32 Å². The molecule has 1 N–H and O–H groups in total. The number of carbonyl (C=O) groups is 1. The Bertz CT molecular complexity index is 281. The molecule has 3 fully saturated rings. The number of hydrogen-bond acceptors (Lipinski definition) is 3. The van der Waals surface area contributed by atoms with Gasteiger partial charge in [-0.2, -0.15) is 0 Å². The molecule has 2 saturated heterocycles. The fourth-order valence-electron chi connectivity index (χ4n) is 3.22. The second-order valence-electron chi connectivity index (χ2n) is 5.41. The average Bonchev–Trinajstić information content (AvgIpc) is 2.93. The number of nitrogens with one attached hydrogen (secondary N) is 1. The lowest BCUT2D eigenvalue weighted by atomic mass is 9.99. The molecule has 0 radical (unpaired) electrons. The van der Waals surface area contributed by atoms with E-state index in [1.54, 1.807) is 5.06 Å². The Kier molecular flexibility index (Phi) is 2.64. The van der Waals surface area contributed by atoms with E-state index in [1.807, 2.05) is 0 Å². The van der Waals surface area contributed by atoms with Gasteiger partial charge in [0.15, 0.2) is 0 Å². The van der Waals surface area contributed by atoms with Crippen LogP contribution in [0.2, 0.25) is 0 Å². The predicted molar refractivity (Wildman–Crippen MR) is 59.6 cm³/mol. The van der Waals surface area contributed by atoms with Crippen LogP contribution >= 0.6 is 0 Å². The third-order valence-electron chi connectivity index (χ3n) is 4.12. The van der Waals surface area contributed by atoms with Gasteiger partial charge in [-0.1, -0.05) is 12.8 Å². The molecule has 0 aromatic rings. The summed E-state index contributed by atoms with van der Waals surface area (Å²) in [6.07, 6.45) is 7.55. The van der Waals surface area contributed by atoms with Crippen molar-refractivity contribution >= 4 is 5.91 Å². The second kappa shape index (κ2) is 4.00. The molecule has 90 valence electrons. The second-order valence-corrected chi connectivity index (χ2v) is 5.41. The topological polar surface area (TPSA) is 41.6 Å². The molecule has 1 unspecified atom stereocenters. The molecule has 1 saturated carbocycles. The lowest BCUT2D eigenvalue weighted by Gasteiger charge is -2.24. The zero-order chi connectivity index (χ0) is 11.0. The lowest BCUT2D eigenvalue weighted by Crippen LogP contribution is -2.38. The van der Waals surface area contributed by atoms with Crippen LogP contribution in [0.4, 0.5) is 0 Å². The summed E-state index contributed by atoms with van der Waals surface area (Å²) in [4.78, 5) is 17.8. The first-order chi connectivity index (χ1) is 7.77. The number of rotatable bonds is 2. The van der Waals surface area contributed by atoms with Gasteiger partial charge in [0.1, 0.15) is 5.60 Å². The number of amides is 1. The van der Waals surface area contributed by atoms with Crippen LogP contribution in [0.5, 0.6) is 0 Å². The van der Waals surface area contributed by atoms with Crippen molar-refractivity contribution in [2.45, 2.75) is 56.6 Å². The Morgan fingerprint density at radius 3 is 2.88 bits per heavy atom. The van der Waals surface area contributed by atoms with Crippen molar-refractivity contribution in [1.29, 1.82) is 0 Å². The average molecular weight is 224 g/mol. The minimum atomic E-state index is -0.115. The highest BCUT2D eigenvalue weighted by Gasteiger charge is 2.47. The van der Waals surface area contributed by atoms with E-state index in [4.69, 9.17) is 4.84 Å². The Labute approximate surface area is 96.3 Å². The maximum atomic E-state index is 11.9. The third kappa shape index (κ3) is 1.84. The van der Waals surface area contributed by atoms with Crippen molar-refractivity contribution in [1.82, 2.24) is 10.4 Å². The summed E-state index contributed by atoms with van der Waals surface area (Å²) in [7, 11) is 0. The summed E-state index contributed by atoms with van der Waals surface area (Å²) in [5.74, 6) is 0.190. The summed E-state index contributed by atoms with van der Waals surface area (Å²) in [6, 6.07) is 0.445. The number of nitrogens with zero attached hydrogens (tertiary/aromatic N) is 1. The molecule has 1 amide bonds. The summed E-state index contributed by atoms with van der Waals surface area (Å²) in [5.41, 5.74) is -0.115. The van der Waals surface area contributed by atoms with Crippen molar-refractivity contribution in [3.05, 3.63) is 0 Å². The zero-order valence-electron chi connectivity index (χ0n) is 9.71. The minimum absolute atomic E-state index is 0.115. The highest BCUT2D eigenvalue weighted by molar-refractivity contribution is 5.78. The minimum Gasteiger partial charge on any atom is -0.312 e. The van der Waals surface area contributed by atoms with Gasteiger partial charge >= 0.3 is 0 Å². The van der Waals surface area contributed by atoms with Crippen LogP contribution in [-0.2, 0) is 9.63 Å². The van der Waals surface area contributed by atoms with Crippen LogP contribution in [0.1, 0.15) is 44.9 Å². The van der Waals surface area contributed by atoms with Crippen LogP contribution in [0, 0.1) is 0 Å². The van der Waals surface area contributed by atoms with Crippen molar-refractivity contribution < 1.29 is 9.63 Å². The maximum absolute atomic E-state index is 11.9. The van der Waals surface area contributed by atoms with Gasteiger partial charge in [0.2, 0.25) is 5.91 Å². The zero-order valence-corrected chi connectivity index (χ0v) is 9.71. The molecular weight excluding hydrogens is 204 g/mol. The van der Waals surface area contributed by atoms with Crippen molar-refractivity contribution in [2.24, 2.45) is 0 Å². The van der Waals surface area contributed by atoms with Gasteiger partial charge in [-0.3, -0.25) is 9.63 Å². The van der Waals surface area contributed by atoms with E-state index in [1.165, 1.54) is 25.7 Å². The lowest BCUT2D eigenvalue weighted by molar-refractivity contribution is -0.199. The van der Waals surface area contributed by atoms with Crippen molar-refractivity contribution in [3.63, 3.8) is 0 Å². The third-order valence-corrected chi connectivity index (χ3v) is 4.12. The molecule has 1 atom stereocenters. The van der Waals surface area contributed by atoms with Crippen molar-refractivity contribution in [3.8, 4) is 0 Å². The van der Waals surface area contributed by atoms with Gasteiger partial charge in [0.25, 0.3) is 0 Å². The Balaban J connectivity index is 1.61. The van der Waals surface area contributed by atoms with Crippen LogP contribution in [0.25, 0.3) is 0 Å². The number of carbonyl (C=O) groups excluding carboxylic acids is 1. The summed E-state index contributed by atoms with van der Waals surface area (Å²) < 4.78 is 0. The van der Waals surface area contributed by atoms with Crippen LogP contribution in [-0.4, -0.2) is 35.7 Å². The summed E-state index contributed by atoms with van der Waals surface area (Å²) in [6.45, 7) is 1.82. The van der Waals surface area contributed by atoms with E-state index in [9.17, 15) is 4.79 Å². The molecule has 0 aromatic carbocycles. The molecule has 4 heteroatoms. The fourth-order valence-corrected chi connectivity index (χ4v) is 3.22. The summed E-state index contributed by atoms with van der Waals surface area (Å²) in [5, 5.41) is 5.04. The largest absolute Gasteiger partial charge is 0.312 e. The monoisotopic (exact) mass is 224 g/mol. The van der Waals surface area contributed by atoms with E-state index >= 15 is 0 Å². The van der Waals surface area contributed by atoms with Crippen LogP contribution in [0.3, 0.4) is 0 Å². The highest BCUT2D eigenvalue weighted by atomic mass is 16.7. The van der Waals surface area contributed by atoms with E-state index in [0.717, 1.165) is 25.9 Å². The van der Waals surface area contributed by atoms with Gasteiger partial charge in [0.05, 0.1) is 13.0 Å². The molecule has 3 rings (SSSR count).